The Bertz CT molecular complexity index is 1160. The average molecular weight is 485 g/mol. The number of benzene rings is 1. The molecule has 1 aromatic carbocycles. The fourth-order valence-corrected chi connectivity index (χ4v) is 5.33. The summed E-state index contributed by atoms with van der Waals surface area (Å²) in [7, 11) is 0. The first-order valence-corrected chi connectivity index (χ1v) is 12.4. The maximum absolute atomic E-state index is 13.5. The van der Waals surface area contributed by atoms with Gasteiger partial charge >= 0.3 is 0 Å². The lowest BCUT2D eigenvalue weighted by atomic mass is 10.0. The Kier molecular flexibility index (Phi) is 6.17. The predicted octanol–water partition coefficient (Wildman–Crippen LogP) is 5.11. The number of hydrogen-bond acceptors (Lipinski definition) is 5. The van der Waals surface area contributed by atoms with E-state index in [1.165, 1.54) is 11.1 Å². The van der Waals surface area contributed by atoms with Crippen molar-refractivity contribution in [2.24, 2.45) is 0 Å². The molecule has 3 aromatic rings. The number of thiophene rings is 1. The van der Waals surface area contributed by atoms with Crippen LogP contribution < -0.4 is 4.74 Å². The molecule has 0 spiro atoms. The lowest BCUT2D eigenvalue weighted by Crippen LogP contribution is -2.48. The highest BCUT2D eigenvalue weighted by Gasteiger charge is 2.38. The number of carbonyl (C=O) groups excluding carboxylic acids is 2. The van der Waals surface area contributed by atoms with E-state index in [2.05, 4.69) is 11.4 Å². The predicted molar refractivity (Wildman–Crippen MR) is 127 cm³/mol. The van der Waals surface area contributed by atoms with Gasteiger partial charge in [-0.05, 0) is 79.1 Å². The topological polar surface area (TPSA) is 63.0 Å². The molecule has 1 aliphatic carbocycles. The maximum atomic E-state index is 13.5. The third-order valence-corrected chi connectivity index (χ3v) is 7.66. The molecule has 1 atom stereocenters. The number of ether oxygens (including phenoxy) is 1. The quantitative estimate of drug-likeness (QED) is 0.467. The molecule has 0 unspecified atom stereocenters. The number of fused-ring (bicyclic) bond motifs is 1. The summed E-state index contributed by atoms with van der Waals surface area (Å²) in [6.45, 7) is 2.92. The zero-order valence-corrected chi connectivity index (χ0v) is 19.9. The van der Waals surface area contributed by atoms with Crippen LogP contribution in [0.1, 0.15) is 45.4 Å². The Labute approximate surface area is 201 Å². The van der Waals surface area contributed by atoms with Crippen molar-refractivity contribution in [3.05, 3.63) is 74.8 Å². The molecule has 0 N–H and O–H groups in total. The third-order valence-electron chi connectivity index (χ3n) is 6.24. The Morgan fingerprint density at radius 1 is 1.27 bits per heavy atom. The Hall–Kier alpha value is -2.77. The highest BCUT2D eigenvalue weighted by molar-refractivity contribution is 7.10. The van der Waals surface area contributed by atoms with Gasteiger partial charge in [0.1, 0.15) is 18.9 Å². The van der Waals surface area contributed by atoms with Crippen LogP contribution in [0.15, 0.2) is 52.5 Å². The molecule has 0 bridgehead atoms. The van der Waals surface area contributed by atoms with Crippen LogP contribution in [0.5, 0.6) is 5.75 Å². The molecule has 1 fully saturated rings. The number of aryl methyl sites for hydroxylation is 1. The summed E-state index contributed by atoms with van der Waals surface area (Å²) in [6, 6.07) is 10.9. The molecule has 6 nitrogen and oxygen atoms in total. The van der Waals surface area contributed by atoms with Gasteiger partial charge in [-0.15, -0.1) is 11.3 Å². The van der Waals surface area contributed by atoms with Gasteiger partial charge < -0.3 is 19.0 Å². The lowest BCUT2D eigenvalue weighted by Gasteiger charge is -2.37. The zero-order chi connectivity index (χ0) is 22.9. The summed E-state index contributed by atoms with van der Waals surface area (Å²) in [5, 5.41) is 2.76. The summed E-state index contributed by atoms with van der Waals surface area (Å²) in [5.74, 6) is 0.693. The lowest BCUT2D eigenvalue weighted by molar-refractivity contribution is -0.135. The Balaban J connectivity index is 1.34. The van der Waals surface area contributed by atoms with Crippen molar-refractivity contribution in [1.29, 1.82) is 0 Å². The van der Waals surface area contributed by atoms with Crippen LogP contribution in [-0.4, -0.2) is 47.4 Å². The number of halogens is 1. The molecular formula is C25H25ClN2O4S. The summed E-state index contributed by atoms with van der Waals surface area (Å²) in [4.78, 5) is 31.2. The fraction of sp³-hybridized carbons (Fsp3) is 0.360. The van der Waals surface area contributed by atoms with Crippen LogP contribution in [0.25, 0.3) is 0 Å². The first kappa shape index (κ1) is 22.0. The van der Waals surface area contributed by atoms with Crippen LogP contribution in [0, 0.1) is 6.92 Å². The molecule has 8 heteroatoms. The molecular weight excluding hydrogens is 460 g/mol. The molecule has 33 heavy (non-hydrogen) atoms. The van der Waals surface area contributed by atoms with Gasteiger partial charge in [0.25, 0.3) is 5.91 Å². The summed E-state index contributed by atoms with van der Waals surface area (Å²) < 4.78 is 11.4. The van der Waals surface area contributed by atoms with Crippen LogP contribution >= 0.6 is 22.9 Å². The van der Waals surface area contributed by atoms with Crippen molar-refractivity contribution in [3.63, 3.8) is 0 Å². The second-order valence-electron chi connectivity index (χ2n) is 8.52. The van der Waals surface area contributed by atoms with Crippen molar-refractivity contribution >= 4 is 34.8 Å². The largest absolute Gasteiger partial charge is 0.491 e. The third kappa shape index (κ3) is 4.66. The zero-order valence-electron chi connectivity index (χ0n) is 18.3. The van der Waals surface area contributed by atoms with Gasteiger partial charge in [-0.3, -0.25) is 9.59 Å². The fourth-order valence-electron chi connectivity index (χ4n) is 4.29. The average Bonchev–Trinajstić information content (AvgIpc) is 3.29. The van der Waals surface area contributed by atoms with Crippen LogP contribution in [-0.2, 0) is 11.2 Å². The summed E-state index contributed by atoms with van der Waals surface area (Å²) in [6.07, 6.45) is 4.12. The minimum absolute atomic E-state index is 0.0419. The van der Waals surface area contributed by atoms with Gasteiger partial charge in [0, 0.05) is 22.5 Å². The van der Waals surface area contributed by atoms with E-state index in [4.69, 9.17) is 20.8 Å². The van der Waals surface area contributed by atoms with E-state index >= 15 is 0 Å². The second kappa shape index (κ2) is 9.23. The van der Waals surface area contributed by atoms with E-state index in [-0.39, 0.29) is 36.2 Å². The number of carbonyl (C=O) groups is 2. The minimum atomic E-state index is -0.228. The van der Waals surface area contributed by atoms with Crippen molar-refractivity contribution in [2.75, 3.05) is 19.7 Å². The molecule has 2 aliphatic rings. The standard InChI is InChI=1S/C25H25ClN2O4S/c1-16-13-18(6-7-20(16)26)32-15-21-19-9-12-33-23(19)8-10-27(21)24(29)14-28(17-4-5-17)25(30)22-3-2-11-31-22/h2-3,6-7,9,11-13,17,21H,4-5,8,10,14-15H2,1H3/t21-/m1/s1. The van der Waals surface area contributed by atoms with Crippen molar-refractivity contribution in [2.45, 2.75) is 38.3 Å². The van der Waals surface area contributed by atoms with E-state index in [9.17, 15) is 9.59 Å². The molecule has 1 aliphatic heterocycles. The summed E-state index contributed by atoms with van der Waals surface area (Å²) >= 11 is 7.86. The van der Waals surface area contributed by atoms with Gasteiger partial charge in [0.2, 0.25) is 5.91 Å². The highest BCUT2D eigenvalue weighted by atomic mass is 35.5. The SMILES string of the molecule is Cc1cc(OC[C@@H]2c3ccsc3CCN2C(=O)CN(C(=O)c2ccco2)C2CC2)ccc1Cl. The highest BCUT2D eigenvalue weighted by Crippen LogP contribution is 2.35. The molecule has 172 valence electrons. The number of nitrogens with zero attached hydrogens (tertiary/aromatic N) is 2. The van der Waals surface area contributed by atoms with E-state index in [1.54, 1.807) is 28.4 Å². The van der Waals surface area contributed by atoms with E-state index in [0.717, 1.165) is 36.1 Å². The van der Waals surface area contributed by atoms with Gasteiger partial charge in [-0.1, -0.05) is 11.6 Å². The van der Waals surface area contributed by atoms with Crippen molar-refractivity contribution in [1.82, 2.24) is 9.80 Å². The second-order valence-corrected chi connectivity index (χ2v) is 9.92. The van der Waals surface area contributed by atoms with E-state index in [0.29, 0.717) is 18.2 Å². The van der Waals surface area contributed by atoms with Crippen LogP contribution in [0.4, 0.5) is 0 Å². The molecule has 0 radical (unpaired) electrons. The van der Waals surface area contributed by atoms with Crippen LogP contribution in [0.2, 0.25) is 5.02 Å². The smallest absolute Gasteiger partial charge is 0.290 e. The molecule has 0 saturated heterocycles. The minimum Gasteiger partial charge on any atom is -0.491 e. The normalized spacial score (nSPS) is 17.5. The molecule has 2 amide bonds. The van der Waals surface area contributed by atoms with E-state index in [1.807, 2.05) is 30.0 Å². The molecule has 3 heterocycles. The monoisotopic (exact) mass is 484 g/mol. The first-order chi connectivity index (χ1) is 16.0. The molecule has 2 aromatic heterocycles. The van der Waals surface area contributed by atoms with Crippen molar-refractivity contribution in [3.8, 4) is 5.75 Å². The number of rotatable bonds is 7. The van der Waals surface area contributed by atoms with Gasteiger partial charge in [-0.2, -0.15) is 0 Å². The van der Waals surface area contributed by atoms with Crippen molar-refractivity contribution < 1.29 is 18.7 Å². The van der Waals surface area contributed by atoms with Gasteiger partial charge in [-0.25, -0.2) is 0 Å². The number of hydrogen-bond donors (Lipinski definition) is 0. The maximum Gasteiger partial charge on any atom is 0.290 e. The first-order valence-electron chi connectivity index (χ1n) is 11.1. The van der Waals surface area contributed by atoms with Gasteiger partial charge in [0.05, 0.1) is 12.3 Å². The molecule has 5 rings (SSSR count). The van der Waals surface area contributed by atoms with Crippen LogP contribution in [0.3, 0.4) is 0 Å². The number of furan rings is 1. The van der Waals surface area contributed by atoms with Gasteiger partial charge in [0.15, 0.2) is 5.76 Å². The summed E-state index contributed by atoms with van der Waals surface area (Å²) in [5.41, 5.74) is 2.07. The Morgan fingerprint density at radius 3 is 2.85 bits per heavy atom. The Morgan fingerprint density at radius 2 is 2.12 bits per heavy atom. The number of amides is 2. The molecule has 1 saturated carbocycles. The van der Waals surface area contributed by atoms with E-state index < -0.39 is 0 Å².